The monoisotopic (exact) mass is 159 g/mol. The van der Waals surface area contributed by atoms with Gasteiger partial charge in [-0.2, -0.15) is 0 Å². The summed E-state index contributed by atoms with van der Waals surface area (Å²) < 4.78 is 4.26. The first-order valence-corrected chi connectivity index (χ1v) is 3.53. The molecular formula is C7H13NO3. The van der Waals surface area contributed by atoms with E-state index in [1.54, 1.807) is 0 Å². The molecule has 0 aromatic rings. The Morgan fingerprint density at radius 1 is 1.55 bits per heavy atom. The van der Waals surface area contributed by atoms with E-state index in [-0.39, 0.29) is 12.5 Å². The topological polar surface area (TPSA) is 69.4 Å². The lowest BCUT2D eigenvalue weighted by Gasteiger charge is -2.05. The molecule has 0 aliphatic rings. The Morgan fingerprint density at radius 3 is 2.45 bits per heavy atom. The molecule has 0 amide bonds. The molecule has 64 valence electrons. The van der Waals surface area contributed by atoms with Crippen molar-refractivity contribution in [1.82, 2.24) is 0 Å². The molecular weight excluding hydrogens is 146 g/mol. The molecule has 2 N–H and O–H groups in total. The Kier molecular flexibility index (Phi) is 4.45. The van der Waals surface area contributed by atoms with Crippen LogP contribution in [0.1, 0.15) is 26.7 Å². The molecule has 4 heteroatoms. The van der Waals surface area contributed by atoms with Crippen LogP contribution < -0.4 is 5.73 Å². The molecule has 0 bridgehead atoms. The number of carbonyl (C=O) groups is 2. The average Bonchev–Trinajstić information content (AvgIpc) is 1.85. The van der Waals surface area contributed by atoms with E-state index in [1.807, 2.05) is 6.92 Å². The second-order valence-electron chi connectivity index (χ2n) is 2.34. The van der Waals surface area contributed by atoms with Crippen LogP contribution in [0.2, 0.25) is 0 Å². The van der Waals surface area contributed by atoms with Gasteiger partial charge in [-0.15, -0.1) is 0 Å². The summed E-state index contributed by atoms with van der Waals surface area (Å²) in [4.78, 5) is 20.9. The zero-order valence-corrected chi connectivity index (χ0v) is 6.79. The standard InChI is InChI=1S/C7H13NO3/c1-3-6(8)4-7(10)11-5(2)9/h6H,3-4,8H2,1-2H3/t6-/m1/s1. The highest BCUT2D eigenvalue weighted by Crippen LogP contribution is 1.95. The highest BCUT2D eigenvalue weighted by Gasteiger charge is 2.10. The number of nitrogens with two attached hydrogens (primary N) is 1. The number of esters is 2. The predicted octanol–water partition coefficient (Wildman–Crippen LogP) is 0.203. The van der Waals surface area contributed by atoms with Crippen LogP contribution in [-0.2, 0) is 14.3 Å². The van der Waals surface area contributed by atoms with Gasteiger partial charge in [0.15, 0.2) is 0 Å². The molecule has 0 aliphatic heterocycles. The Balaban J connectivity index is 3.60. The molecule has 0 aromatic heterocycles. The van der Waals surface area contributed by atoms with Crippen molar-refractivity contribution >= 4 is 11.9 Å². The van der Waals surface area contributed by atoms with Gasteiger partial charge in [0.2, 0.25) is 0 Å². The number of rotatable bonds is 3. The van der Waals surface area contributed by atoms with E-state index in [4.69, 9.17) is 5.73 Å². The highest BCUT2D eigenvalue weighted by molar-refractivity contribution is 5.84. The van der Waals surface area contributed by atoms with Gasteiger partial charge in [0.1, 0.15) is 0 Å². The van der Waals surface area contributed by atoms with Crippen molar-refractivity contribution in [3.8, 4) is 0 Å². The fourth-order valence-corrected chi connectivity index (χ4v) is 0.560. The summed E-state index contributed by atoms with van der Waals surface area (Å²) in [5.74, 6) is -1.13. The van der Waals surface area contributed by atoms with Crippen molar-refractivity contribution in [3.05, 3.63) is 0 Å². The Hall–Kier alpha value is -0.900. The maximum Gasteiger partial charge on any atom is 0.314 e. The summed E-state index contributed by atoms with van der Waals surface area (Å²) in [6.07, 6.45) is 0.809. The van der Waals surface area contributed by atoms with Crippen LogP contribution in [-0.4, -0.2) is 18.0 Å². The Morgan fingerprint density at radius 2 is 2.09 bits per heavy atom. The highest BCUT2D eigenvalue weighted by atomic mass is 16.6. The van der Waals surface area contributed by atoms with E-state index in [0.717, 1.165) is 0 Å². The Labute approximate surface area is 65.7 Å². The number of hydrogen-bond acceptors (Lipinski definition) is 4. The van der Waals surface area contributed by atoms with Crippen LogP contribution in [0.15, 0.2) is 0 Å². The molecule has 11 heavy (non-hydrogen) atoms. The molecule has 0 saturated heterocycles. The van der Waals surface area contributed by atoms with Gasteiger partial charge in [-0.3, -0.25) is 9.59 Å². The van der Waals surface area contributed by atoms with Gasteiger partial charge in [0, 0.05) is 13.0 Å². The Bertz CT molecular complexity index is 156. The van der Waals surface area contributed by atoms with Crippen LogP contribution in [0.5, 0.6) is 0 Å². The fraction of sp³-hybridized carbons (Fsp3) is 0.714. The molecule has 0 spiro atoms. The number of hydrogen-bond donors (Lipinski definition) is 1. The third-order valence-corrected chi connectivity index (χ3v) is 1.21. The lowest BCUT2D eigenvalue weighted by Crippen LogP contribution is -2.24. The molecule has 0 fully saturated rings. The first-order chi connectivity index (χ1) is 5.06. The summed E-state index contributed by atoms with van der Waals surface area (Å²) in [5.41, 5.74) is 5.44. The van der Waals surface area contributed by atoms with Crippen LogP contribution in [0, 0.1) is 0 Å². The van der Waals surface area contributed by atoms with Crippen molar-refractivity contribution in [2.24, 2.45) is 5.73 Å². The fourth-order valence-electron chi connectivity index (χ4n) is 0.560. The minimum absolute atomic E-state index is 0.107. The third kappa shape index (κ3) is 5.54. The van der Waals surface area contributed by atoms with Crippen LogP contribution in [0.25, 0.3) is 0 Å². The summed E-state index contributed by atoms with van der Waals surface area (Å²) in [7, 11) is 0. The second-order valence-corrected chi connectivity index (χ2v) is 2.34. The number of carbonyl (C=O) groups excluding carboxylic acids is 2. The predicted molar refractivity (Wildman–Crippen MR) is 39.7 cm³/mol. The average molecular weight is 159 g/mol. The summed E-state index contributed by atoms with van der Waals surface area (Å²) in [6.45, 7) is 3.06. The first-order valence-electron chi connectivity index (χ1n) is 3.53. The largest absolute Gasteiger partial charge is 0.393 e. The van der Waals surface area contributed by atoms with Gasteiger partial charge in [-0.05, 0) is 6.42 Å². The molecule has 0 saturated carbocycles. The van der Waals surface area contributed by atoms with E-state index in [9.17, 15) is 9.59 Å². The molecule has 0 aliphatic carbocycles. The quantitative estimate of drug-likeness (QED) is 0.472. The minimum Gasteiger partial charge on any atom is -0.393 e. The zero-order valence-electron chi connectivity index (χ0n) is 6.79. The van der Waals surface area contributed by atoms with E-state index < -0.39 is 11.9 Å². The molecule has 0 unspecified atom stereocenters. The van der Waals surface area contributed by atoms with E-state index in [1.165, 1.54) is 6.92 Å². The SMILES string of the molecule is CC[C@@H](N)CC(=O)OC(C)=O. The maximum absolute atomic E-state index is 10.7. The summed E-state index contributed by atoms with van der Waals surface area (Å²) in [5, 5.41) is 0. The summed E-state index contributed by atoms with van der Waals surface area (Å²) in [6, 6.07) is -0.207. The van der Waals surface area contributed by atoms with Crippen molar-refractivity contribution in [1.29, 1.82) is 0 Å². The molecule has 0 aromatic carbocycles. The molecule has 0 radical (unpaired) electrons. The van der Waals surface area contributed by atoms with Gasteiger partial charge < -0.3 is 10.5 Å². The molecule has 4 nitrogen and oxygen atoms in total. The molecule has 0 rings (SSSR count). The zero-order chi connectivity index (χ0) is 8.85. The van der Waals surface area contributed by atoms with Gasteiger partial charge in [-0.25, -0.2) is 0 Å². The van der Waals surface area contributed by atoms with Crippen molar-refractivity contribution in [2.75, 3.05) is 0 Å². The summed E-state index contributed by atoms with van der Waals surface area (Å²) >= 11 is 0. The van der Waals surface area contributed by atoms with E-state index >= 15 is 0 Å². The molecule has 1 atom stereocenters. The number of ether oxygens (including phenoxy) is 1. The van der Waals surface area contributed by atoms with Gasteiger partial charge in [0.05, 0.1) is 6.42 Å². The van der Waals surface area contributed by atoms with Crippen LogP contribution in [0.4, 0.5) is 0 Å². The maximum atomic E-state index is 10.7. The minimum atomic E-state index is -0.585. The van der Waals surface area contributed by atoms with Crippen molar-refractivity contribution in [2.45, 2.75) is 32.7 Å². The van der Waals surface area contributed by atoms with Crippen molar-refractivity contribution in [3.63, 3.8) is 0 Å². The van der Waals surface area contributed by atoms with Crippen LogP contribution in [0.3, 0.4) is 0 Å². The van der Waals surface area contributed by atoms with Crippen molar-refractivity contribution < 1.29 is 14.3 Å². The first kappa shape index (κ1) is 10.1. The van der Waals surface area contributed by atoms with Crippen LogP contribution >= 0.6 is 0 Å². The second kappa shape index (κ2) is 4.85. The molecule has 0 heterocycles. The van der Waals surface area contributed by atoms with E-state index in [0.29, 0.717) is 6.42 Å². The third-order valence-electron chi connectivity index (χ3n) is 1.21. The lowest BCUT2D eigenvalue weighted by molar-refractivity contribution is -0.158. The van der Waals surface area contributed by atoms with Gasteiger partial charge >= 0.3 is 11.9 Å². The normalized spacial score (nSPS) is 12.3. The smallest absolute Gasteiger partial charge is 0.314 e. The van der Waals surface area contributed by atoms with Gasteiger partial charge in [-0.1, -0.05) is 6.92 Å². The lowest BCUT2D eigenvalue weighted by atomic mass is 10.2. The van der Waals surface area contributed by atoms with Gasteiger partial charge in [0.25, 0.3) is 0 Å². The van der Waals surface area contributed by atoms with E-state index in [2.05, 4.69) is 4.74 Å².